The monoisotopic (exact) mass is 240 g/mol. The largest absolute Gasteiger partial charge is 0.486 e. The zero-order valence-corrected chi connectivity index (χ0v) is 9.97. The number of Topliss-reactive ketones (excluding diaryl/α,β-unsaturated/α-hetero) is 1. The van der Waals surface area contributed by atoms with E-state index in [1.54, 1.807) is 0 Å². The summed E-state index contributed by atoms with van der Waals surface area (Å²) in [4.78, 5) is 10.9. The summed E-state index contributed by atoms with van der Waals surface area (Å²) in [5.41, 5.74) is 1.68. The van der Waals surface area contributed by atoms with Crippen molar-refractivity contribution in [2.45, 2.75) is 6.92 Å². The average Bonchev–Trinajstić information content (AvgIpc) is 2.74. The quantitative estimate of drug-likeness (QED) is 0.702. The Kier molecular flexibility index (Phi) is 2.52. The standard InChI is InChI=1S/C15H12O3/c1-10(16)9-17-11-6-7-15-13(8-11)12-4-2-3-5-14(12)18-15/h2-8H,9H2,1H3. The van der Waals surface area contributed by atoms with Crippen LogP contribution >= 0.6 is 0 Å². The molecule has 1 heterocycles. The molecule has 0 unspecified atom stereocenters. The topological polar surface area (TPSA) is 39.4 Å². The van der Waals surface area contributed by atoms with E-state index in [0.29, 0.717) is 5.75 Å². The predicted octanol–water partition coefficient (Wildman–Crippen LogP) is 3.55. The molecule has 0 N–H and O–H groups in total. The first-order chi connectivity index (χ1) is 8.74. The highest BCUT2D eigenvalue weighted by Gasteiger charge is 2.07. The fourth-order valence-electron chi connectivity index (χ4n) is 1.98. The van der Waals surface area contributed by atoms with E-state index in [9.17, 15) is 4.79 Å². The lowest BCUT2D eigenvalue weighted by molar-refractivity contribution is -0.118. The Labute approximate surface area is 104 Å². The van der Waals surface area contributed by atoms with Crippen molar-refractivity contribution in [1.29, 1.82) is 0 Å². The summed E-state index contributed by atoms with van der Waals surface area (Å²) >= 11 is 0. The number of para-hydroxylation sites is 1. The second kappa shape index (κ2) is 4.18. The molecule has 1 aromatic heterocycles. The van der Waals surface area contributed by atoms with Gasteiger partial charge in [-0.05, 0) is 31.2 Å². The highest BCUT2D eigenvalue weighted by atomic mass is 16.5. The van der Waals surface area contributed by atoms with Crippen molar-refractivity contribution in [1.82, 2.24) is 0 Å². The van der Waals surface area contributed by atoms with Gasteiger partial charge >= 0.3 is 0 Å². The Morgan fingerprint density at radius 2 is 1.89 bits per heavy atom. The molecular weight excluding hydrogens is 228 g/mol. The molecule has 0 aliphatic heterocycles. The number of carbonyl (C=O) groups is 1. The van der Waals surface area contributed by atoms with E-state index < -0.39 is 0 Å². The third-order valence-electron chi connectivity index (χ3n) is 2.79. The Balaban J connectivity index is 2.09. The molecule has 0 amide bonds. The maximum atomic E-state index is 10.9. The van der Waals surface area contributed by atoms with Gasteiger partial charge in [0.15, 0.2) is 5.78 Å². The number of hydrogen-bond donors (Lipinski definition) is 0. The highest BCUT2D eigenvalue weighted by Crippen LogP contribution is 2.31. The molecule has 3 nitrogen and oxygen atoms in total. The average molecular weight is 240 g/mol. The third kappa shape index (κ3) is 1.84. The van der Waals surface area contributed by atoms with Gasteiger partial charge in [-0.3, -0.25) is 4.79 Å². The van der Waals surface area contributed by atoms with E-state index in [-0.39, 0.29) is 12.4 Å². The summed E-state index contributed by atoms with van der Waals surface area (Å²) in [5, 5.41) is 2.06. The molecule has 0 aliphatic carbocycles. The van der Waals surface area contributed by atoms with Crippen LogP contribution in [0.15, 0.2) is 46.9 Å². The van der Waals surface area contributed by atoms with Crippen molar-refractivity contribution in [3.05, 3.63) is 42.5 Å². The van der Waals surface area contributed by atoms with Crippen molar-refractivity contribution in [2.75, 3.05) is 6.61 Å². The number of fused-ring (bicyclic) bond motifs is 3. The molecule has 0 bridgehead atoms. The Hall–Kier alpha value is -2.29. The van der Waals surface area contributed by atoms with Crippen LogP contribution in [0.5, 0.6) is 5.75 Å². The summed E-state index contributed by atoms with van der Waals surface area (Å²) in [6.07, 6.45) is 0. The van der Waals surface area contributed by atoms with Crippen LogP contribution in [0.2, 0.25) is 0 Å². The van der Waals surface area contributed by atoms with Gasteiger partial charge in [0.2, 0.25) is 0 Å². The second-order valence-electron chi connectivity index (χ2n) is 4.25. The van der Waals surface area contributed by atoms with E-state index in [1.165, 1.54) is 6.92 Å². The summed E-state index contributed by atoms with van der Waals surface area (Å²) in [6, 6.07) is 13.4. The van der Waals surface area contributed by atoms with Gasteiger partial charge in [0, 0.05) is 10.8 Å². The molecule has 18 heavy (non-hydrogen) atoms. The van der Waals surface area contributed by atoms with Gasteiger partial charge in [0.25, 0.3) is 0 Å². The Morgan fingerprint density at radius 3 is 2.72 bits per heavy atom. The summed E-state index contributed by atoms with van der Waals surface area (Å²) in [5.74, 6) is 0.691. The van der Waals surface area contributed by atoms with Crippen LogP contribution in [0.4, 0.5) is 0 Å². The van der Waals surface area contributed by atoms with Gasteiger partial charge in [-0.25, -0.2) is 0 Å². The molecule has 2 aromatic carbocycles. The second-order valence-corrected chi connectivity index (χ2v) is 4.25. The number of ether oxygens (including phenoxy) is 1. The first-order valence-corrected chi connectivity index (χ1v) is 5.77. The number of carbonyl (C=O) groups excluding carboxylic acids is 1. The lowest BCUT2D eigenvalue weighted by atomic mass is 10.1. The van der Waals surface area contributed by atoms with Gasteiger partial charge in [0.1, 0.15) is 23.5 Å². The predicted molar refractivity (Wildman–Crippen MR) is 69.9 cm³/mol. The number of furan rings is 1. The van der Waals surface area contributed by atoms with E-state index >= 15 is 0 Å². The summed E-state index contributed by atoms with van der Waals surface area (Å²) in [6.45, 7) is 1.60. The van der Waals surface area contributed by atoms with Gasteiger partial charge < -0.3 is 9.15 Å². The molecule has 3 heteroatoms. The van der Waals surface area contributed by atoms with Crippen molar-refractivity contribution in [2.24, 2.45) is 0 Å². The minimum atomic E-state index is 0.00662. The van der Waals surface area contributed by atoms with Crippen molar-refractivity contribution >= 4 is 27.7 Å². The van der Waals surface area contributed by atoms with Crippen LogP contribution in [0, 0.1) is 0 Å². The molecule has 0 saturated carbocycles. The first kappa shape index (κ1) is 10.8. The normalized spacial score (nSPS) is 10.9. The maximum absolute atomic E-state index is 10.9. The molecular formula is C15H12O3. The smallest absolute Gasteiger partial charge is 0.167 e. The van der Waals surface area contributed by atoms with Crippen molar-refractivity contribution in [3.8, 4) is 5.75 Å². The third-order valence-corrected chi connectivity index (χ3v) is 2.79. The van der Waals surface area contributed by atoms with E-state index in [2.05, 4.69) is 0 Å². The van der Waals surface area contributed by atoms with E-state index in [1.807, 2.05) is 42.5 Å². The van der Waals surface area contributed by atoms with Gasteiger partial charge in [-0.15, -0.1) is 0 Å². The van der Waals surface area contributed by atoms with Crippen molar-refractivity contribution < 1.29 is 13.9 Å². The summed E-state index contributed by atoms with van der Waals surface area (Å²) < 4.78 is 11.1. The zero-order chi connectivity index (χ0) is 12.5. The highest BCUT2D eigenvalue weighted by molar-refractivity contribution is 6.05. The van der Waals surface area contributed by atoms with E-state index in [0.717, 1.165) is 21.9 Å². The fourth-order valence-corrected chi connectivity index (χ4v) is 1.98. The van der Waals surface area contributed by atoms with Gasteiger partial charge in [0.05, 0.1) is 0 Å². The molecule has 0 saturated heterocycles. The van der Waals surface area contributed by atoms with Crippen LogP contribution in [-0.2, 0) is 4.79 Å². The van der Waals surface area contributed by atoms with Crippen LogP contribution in [0.25, 0.3) is 21.9 Å². The molecule has 3 rings (SSSR count). The summed E-state index contributed by atoms with van der Waals surface area (Å²) in [7, 11) is 0. The van der Waals surface area contributed by atoms with Gasteiger partial charge in [-0.1, -0.05) is 18.2 Å². The van der Waals surface area contributed by atoms with Crippen LogP contribution in [0.3, 0.4) is 0 Å². The molecule has 3 aromatic rings. The Bertz CT molecular complexity index is 725. The maximum Gasteiger partial charge on any atom is 0.167 e. The molecule has 0 spiro atoms. The molecule has 0 fully saturated rings. The number of benzene rings is 2. The number of rotatable bonds is 3. The lowest BCUT2D eigenvalue weighted by Crippen LogP contribution is -2.06. The minimum Gasteiger partial charge on any atom is -0.486 e. The van der Waals surface area contributed by atoms with Crippen molar-refractivity contribution in [3.63, 3.8) is 0 Å². The first-order valence-electron chi connectivity index (χ1n) is 5.77. The SMILES string of the molecule is CC(=O)COc1ccc2oc3ccccc3c2c1. The lowest BCUT2D eigenvalue weighted by Gasteiger charge is -2.02. The zero-order valence-electron chi connectivity index (χ0n) is 9.97. The van der Waals surface area contributed by atoms with Crippen LogP contribution in [-0.4, -0.2) is 12.4 Å². The molecule has 0 radical (unpaired) electrons. The fraction of sp³-hybridized carbons (Fsp3) is 0.133. The molecule has 0 aliphatic rings. The molecule has 0 atom stereocenters. The van der Waals surface area contributed by atoms with Crippen LogP contribution in [0.1, 0.15) is 6.92 Å². The van der Waals surface area contributed by atoms with E-state index in [4.69, 9.17) is 9.15 Å². The number of hydrogen-bond acceptors (Lipinski definition) is 3. The minimum absolute atomic E-state index is 0.00662. The number of ketones is 1. The van der Waals surface area contributed by atoms with Crippen LogP contribution < -0.4 is 4.74 Å². The Morgan fingerprint density at radius 1 is 1.11 bits per heavy atom. The van der Waals surface area contributed by atoms with Gasteiger partial charge in [-0.2, -0.15) is 0 Å². The molecule has 90 valence electrons.